The van der Waals surface area contributed by atoms with Crippen molar-refractivity contribution in [1.29, 1.82) is 0 Å². The van der Waals surface area contributed by atoms with Gasteiger partial charge in [-0.1, -0.05) is 29.5 Å². The number of amides is 1. The van der Waals surface area contributed by atoms with Gasteiger partial charge in [0.15, 0.2) is 4.34 Å². The number of furan rings is 1. The number of rotatable bonds is 6. The highest BCUT2D eigenvalue weighted by atomic mass is 32.2. The molecule has 0 spiro atoms. The summed E-state index contributed by atoms with van der Waals surface area (Å²) in [5, 5.41) is 11.5. The molecule has 1 aliphatic rings. The van der Waals surface area contributed by atoms with E-state index in [1.54, 1.807) is 24.8 Å². The Morgan fingerprint density at radius 3 is 2.83 bits per heavy atom. The normalized spacial score (nSPS) is 15.6. The van der Waals surface area contributed by atoms with E-state index < -0.39 is 0 Å². The van der Waals surface area contributed by atoms with Crippen molar-refractivity contribution in [3.8, 4) is 0 Å². The molecule has 0 atom stereocenters. The lowest BCUT2D eigenvalue weighted by atomic mass is 10.1. The van der Waals surface area contributed by atoms with Gasteiger partial charge in [0.2, 0.25) is 5.13 Å². The average Bonchev–Trinajstić information content (AvgIpc) is 3.14. The lowest BCUT2D eigenvalue weighted by molar-refractivity contribution is 0.102. The average molecular weight is 367 g/mol. The summed E-state index contributed by atoms with van der Waals surface area (Å²) in [5.41, 5.74) is 0.544. The van der Waals surface area contributed by atoms with Gasteiger partial charge in [0.25, 0.3) is 5.91 Å². The van der Waals surface area contributed by atoms with E-state index in [0.29, 0.717) is 16.5 Å². The van der Waals surface area contributed by atoms with Crippen LogP contribution in [0.25, 0.3) is 0 Å². The van der Waals surface area contributed by atoms with Crippen molar-refractivity contribution in [3.05, 3.63) is 23.2 Å². The topological polar surface area (TPSA) is 71.3 Å². The van der Waals surface area contributed by atoms with E-state index in [1.165, 1.54) is 43.7 Å². The highest BCUT2D eigenvalue weighted by Crippen LogP contribution is 2.26. The number of carbonyl (C=O) groups is 1. The molecule has 0 unspecified atom stereocenters. The summed E-state index contributed by atoms with van der Waals surface area (Å²) in [6.07, 6.45) is 3.98. The Kier molecular flexibility index (Phi) is 5.91. The number of nitrogens with zero attached hydrogens (tertiary/aromatic N) is 3. The summed E-state index contributed by atoms with van der Waals surface area (Å²) in [5.74, 6) is 2.14. The van der Waals surface area contributed by atoms with E-state index in [1.807, 2.05) is 6.92 Å². The van der Waals surface area contributed by atoms with Crippen LogP contribution in [0.5, 0.6) is 0 Å². The number of likely N-dealkylation sites (tertiary alicyclic amines) is 1. The number of piperidine rings is 1. The molecule has 1 N–H and O–H groups in total. The van der Waals surface area contributed by atoms with Crippen molar-refractivity contribution in [3.63, 3.8) is 0 Å². The van der Waals surface area contributed by atoms with Crippen molar-refractivity contribution in [2.45, 2.75) is 37.4 Å². The lowest BCUT2D eigenvalue weighted by Crippen LogP contribution is -2.31. The number of thioether (sulfide) groups is 1. The van der Waals surface area contributed by atoms with E-state index in [2.05, 4.69) is 20.4 Å². The van der Waals surface area contributed by atoms with E-state index in [-0.39, 0.29) is 5.91 Å². The van der Waals surface area contributed by atoms with Crippen LogP contribution in [-0.2, 0) is 0 Å². The Morgan fingerprint density at radius 2 is 2.12 bits per heavy atom. The maximum atomic E-state index is 12.2. The van der Waals surface area contributed by atoms with E-state index in [4.69, 9.17) is 4.42 Å². The first-order chi connectivity index (χ1) is 11.6. The summed E-state index contributed by atoms with van der Waals surface area (Å²) < 4.78 is 6.28. The second-order valence-corrected chi connectivity index (χ2v) is 8.22. The minimum absolute atomic E-state index is 0.203. The first kappa shape index (κ1) is 17.4. The van der Waals surface area contributed by atoms with Crippen molar-refractivity contribution >= 4 is 34.1 Å². The van der Waals surface area contributed by atoms with Crippen LogP contribution in [0.1, 0.15) is 41.1 Å². The maximum absolute atomic E-state index is 12.2. The highest BCUT2D eigenvalue weighted by Gasteiger charge is 2.16. The van der Waals surface area contributed by atoms with Crippen LogP contribution in [0, 0.1) is 13.8 Å². The molecule has 0 aromatic carbocycles. The van der Waals surface area contributed by atoms with E-state index >= 15 is 0 Å². The molecule has 24 heavy (non-hydrogen) atoms. The van der Waals surface area contributed by atoms with Crippen LogP contribution in [0.2, 0.25) is 0 Å². The molecule has 130 valence electrons. The molecule has 0 radical (unpaired) electrons. The first-order valence-corrected chi connectivity index (χ1v) is 9.99. The highest BCUT2D eigenvalue weighted by molar-refractivity contribution is 8.01. The summed E-state index contributed by atoms with van der Waals surface area (Å²) in [6.45, 7) is 7.11. The third-order valence-corrected chi connectivity index (χ3v) is 5.95. The van der Waals surface area contributed by atoms with Gasteiger partial charge in [0.1, 0.15) is 11.5 Å². The number of carbonyl (C=O) groups excluding carboxylic acids is 1. The van der Waals surface area contributed by atoms with Gasteiger partial charge in [-0.25, -0.2) is 0 Å². The van der Waals surface area contributed by atoms with Crippen LogP contribution in [0.3, 0.4) is 0 Å². The predicted octanol–water partition coefficient (Wildman–Crippen LogP) is 3.58. The molecule has 1 fully saturated rings. The van der Waals surface area contributed by atoms with Gasteiger partial charge in [-0.3, -0.25) is 10.1 Å². The zero-order valence-electron chi connectivity index (χ0n) is 14.0. The number of aryl methyl sites for hydroxylation is 2. The molecule has 1 aliphatic heterocycles. The van der Waals surface area contributed by atoms with Crippen molar-refractivity contribution in [2.75, 3.05) is 30.7 Å². The molecule has 0 bridgehead atoms. The van der Waals surface area contributed by atoms with Crippen LogP contribution in [-0.4, -0.2) is 46.4 Å². The number of anilines is 1. The molecule has 3 rings (SSSR count). The summed E-state index contributed by atoms with van der Waals surface area (Å²) in [7, 11) is 0. The van der Waals surface area contributed by atoms with Crippen LogP contribution >= 0.6 is 23.1 Å². The second-order valence-electron chi connectivity index (χ2n) is 5.90. The van der Waals surface area contributed by atoms with Crippen molar-refractivity contribution in [1.82, 2.24) is 15.1 Å². The van der Waals surface area contributed by atoms with Gasteiger partial charge in [-0.05, 0) is 45.8 Å². The Morgan fingerprint density at radius 1 is 1.33 bits per heavy atom. The molecule has 1 saturated heterocycles. The molecular weight excluding hydrogens is 344 g/mol. The SMILES string of the molecule is Cc1cc(C(=O)Nc2nnc(SCCN3CCCCC3)s2)c(C)o1. The minimum Gasteiger partial charge on any atom is -0.466 e. The Hall–Kier alpha value is -1.38. The van der Waals surface area contributed by atoms with Gasteiger partial charge in [0.05, 0.1) is 5.56 Å². The third-order valence-electron chi connectivity index (χ3n) is 3.99. The van der Waals surface area contributed by atoms with Crippen molar-refractivity contribution in [2.24, 2.45) is 0 Å². The van der Waals surface area contributed by atoms with Crippen LogP contribution < -0.4 is 5.32 Å². The molecule has 1 amide bonds. The fourth-order valence-electron chi connectivity index (χ4n) is 2.78. The maximum Gasteiger partial charge on any atom is 0.261 e. The van der Waals surface area contributed by atoms with Gasteiger partial charge >= 0.3 is 0 Å². The fraction of sp³-hybridized carbons (Fsp3) is 0.562. The molecule has 0 aliphatic carbocycles. The summed E-state index contributed by atoms with van der Waals surface area (Å²) in [4.78, 5) is 14.7. The summed E-state index contributed by atoms with van der Waals surface area (Å²) >= 11 is 3.11. The first-order valence-electron chi connectivity index (χ1n) is 8.19. The standard InChI is InChI=1S/C16H22N4O2S2/c1-11-10-13(12(2)22-11)14(21)17-15-18-19-16(24-15)23-9-8-20-6-4-3-5-7-20/h10H,3-9H2,1-2H3,(H,17,18,21). The van der Waals surface area contributed by atoms with E-state index in [0.717, 1.165) is 22.4 Å². The molecule has 6 nitrogen and oxygen atoms in total. The molecule has 8 heteroatoms. The number of hydrogen-bond donors (Lipinski definition) is 1. The fourth-order valence-corrected chi connectivity index (χ4v) is 4.60. The van der Waals surface area contributed by atoms with Gasteiger partial charge in [0, 0.05) is 12.3 Å². The van der Waals surface area contributed by atoms with Crippen molar-refractivity contribution < 1.29 is 9.21 Å². The minimum atomic E-state index is -0.203. The van der Waals surface area contributed by atoms with E-state index in [9.17, 15) is 4.79 Å². The molecular formula is C16H22N4O2S2. The number of aromatic nitrogens is 2. The Bertz CT molecular complexity index is 692. The third kappa shape index (κ3) is 4.58. The Labute approximate surface area is 150 Å². The zero-order chi connectivity index (χ0) is 16.9. The lowest BCUT2D eigenvalue weighted by Gasteiger charge is -2.25. The van der Waals surface area contributed by atoms with Gasteiger partial charge in [-0.15, -0.1) is 10.2 Å². The summed E-state index contributed by atoms with van der Waals surface area (Å²) in [6, 6.07) is 1.74. The van der Waals surface area contributed by atoms with Gasteiger partial charge in [-0.2, -0.15) is 0 Å². The quantitative estimate of drug-likeness (QED) is 0.622. The molecule has 2 aromatic heterocycles. The molecule has 0 saturated carbocycles. The monoisotopic (exact) mass is 366 g/mol. The van der Waals surface area contributed by atoms with Crippen LogP contribution in [0.4, 0.5) is 5.13 Å². The van der Waals surface area contributed by atoms with Gasteiger partial charge < -0.3 is 9.32 Å². The number of hydrogen-bond acceptors (Lipinski definition) is 7. The smallest absolute Gasteiger partial charge is 0.261 e. The molecule has 2 aromatic rings. The Balaban J connectivity index is 1.48. The van der Waals surface area contributed by atoms with Crippen LogP contribution in [0.15, 0.2) is 14.8 Å². The second kappa shape index (κ2) is 8.13. The largest absolute Gasteiger partial charge is 0.466 e. The molecule has 3 heterocycles. The predicted molar refractivity (Wildman–Crippen MR) is 97.1 cm³/mol. The number of nitrogens with one attached hydrogen (secondary N) is 1. The zero-order valence-corrected chi connectivity index (χ0v) is 15.6.